The summed E-state index contributed by atoms with van der Waals surface area (Å²) in [6, 6.07) is 5.14. The third kappa shape index (κ3) is 2.86. The lowest BCUT2D eigenvalue weighted by molar-refractivity contribution is 0.0600. The number of ether oxygens (including phenoxy) is 2. The first-order valence-electron chi connectivity index (χ1n) is 6.26. The smallest absolute Gasteiger partial charge is 0.414 e. The molecular formula is C14H17NO4. The molecule has 1 aliphatic heterocycles. The largest absolute Gasteiger partial charge is 0.465 e. The first kappa shape index (κ1) is 13.4. The summed E-state index contributed by atoms with van der Waals surface area (Å²) in [5.41, 5.74) is 2.10. The van der Waals surface area contributed by atoms with Crippen molar-refractivity contribution >= 4 is 17.7 Å². The Kier molecular flexibility index (Phi) is 4.04. The number of carbonyl (C=O) groups is 2. The maximum Gasteiger partial charge on any atom is 0.414 e. The lowest BCUT2D eigenvalue weighted by atomic mass is 10.1. The Labute approximate surface area is 112 Å². The molecule has 1 aromatic rings. The minimum Gasteiger partial charge on any atom is -0.465 e. The quantitative estimate of drug-likeness (QED) is 0.769. The highest BCUT2D eigenvalue weighted by molar-refractivity contribution is 5.93. The average molecular weight is 263 g/mol. The molecule has 19 heavy (non-hydrogen) atoms. The van der Waals surface area contributed by atoms with E-state index in [0.717, 1.165) is 24.1 Å². The normalized spacial score (nSPS) is 15.7. The third-order valence-corrected chi connectivity index (χ3v) is 3.13. The van der Waals surface area contributed by atoms with Gasteiger partial charge < -0.3 is 9.47 Å². The molecule has 0 N–H and O–H groups in total. The van der Waals surface area contributed by atoms with Gasteiger partial charge in [0.25, 0.3) is 0 Å². The number of nitrogens with zero attached hydrogens (tertiary/aromatic N) is 1. The fourth-order valence-electron chi connectivity index (χ4n) is 2.12. The summed E-state index contributed by atoms with van der Waals surface area (Å²) in [6.07, 6.45) is 1.46. The highest BCUT2D eigenvalue weighted by atomic mass is 16.6. The number of aryl methyl sites for hydroxylation is 1. The molecule has 0 saturated carbocycles. The van der Waals surface area contributed by atoms with E-state index in [2.05, 4.69) is 4.74 Å². The molecule has 0 aliphatic carbocycles. The number of carbonyl (C=O) groups excluding carboxylic acids is 2. The molecule has 2 rings (SSSR count). The van der Waals surface area contributed by atoms with Gasteiger partial charge in [-0.2, -0.15) is 0 Å². The first-order chi connectivity index (χ1) is 9.13. The number of hydrogen-bond acceptors (Lipinski definition) is 4. The van der Waals surface area contributed by atoms with Gasteiger partial charge in [-0.05, 0) is 43.5 Å². The standard InChI is InChI=1S/C14H17NO4/c1-10-9-11(13(16)18-2)5-6-12(10)15-7-3-4-8-19-14(15)17/h5-6,9H,3-4,7-8H2,1-2H3. The van der Waals surface area contributed by atoms with Crippen LogP contribution in [0, 0.1) is 6.92 Å². The molecule has 1 saturated heterocycles. The maximum atomic E-state index is 11.9. The van der Waals surface area contributed by atoms with Crippen LogP contribution >= 0.6 is 0 Å². The van der Waals surface area contributed by atoms with E-state index in [-0.39, 0.29) is 12.1 Å². The minimum absolute atomic E-state index is 0.327. The zero-order chi connectivity index (χ0) is 13.8. The topological polar surface area (TPSA) is 55.8 Å². The van der Waals surface area contributed by atoms with Gasteiger partial charge in [-0.1, -0.05) is 0 Å². The number of cyclic esters (lactones) is 1. The number of hydrogen-bond donors (Lipinski definition) is 0. The number of anilines is 1. The van der Waals surface area contributed by atoms with E-state index in [1.54, 1.807) is 23.1 Å². The maximum absolute atomic E-state index is 11.9. The van der Waals surface area contributed by atoms with Gasteiger partial charge in [0.15, 0.2) is 0 Å². The Morgan fingerprint density at radius 2 is 2.16 bits per heavy atom. The highest BCUT2D eigenvalue weighted by Gasteiger charge is 2.21. The summed E-state index contributed by atoms with van der Waals surface area (Å²) in [5, 5.41) is 0. The summed E-state index contributed by atoms with van der Waals surface area (Å²) >= 11 is 0. The molecule has 1 heterocycles. The van der Waals surface area contributed by atoms with Gasteiger partial charge in [0.1, 0.15) is 0 Å². The van der Waals surface area contributed by atoms with Gasteiger partial charge in [0.05, 0.1) is 19.3 Å². The van der Waals surface area contributed by atoms with Crippen LogP contribution in [0.5, 0.6) is 0 Å². The Balaban J connectivity index is 2.29. The molecule has 0 unspecified atom stereocenters. The molecule has 1 fully saturated rings. The van der Waals surface area contributed by atoms with Crippen LogP contribution in [0.2, 0.25) is 0 Å². The fraction of sp³-hybridized carbons (Fsp3) is 0.429. The SMILES string of the molecule is COC(=O)c1ccc(N2CCCCOC2=O)c(C)c1. The second kappa shape index (κ2) is 5.73. The van der Waals surface area contributed by atoms with Crippen molar-refractivity contribution < 1.29 is 19.1 Å². The molecule has 0 aromatic heterocycles. The third-order valence-electron chi connectivity index (χ3n) is 3.13. The van der Waals surface area contributed by atoms with Gasteiger partial charge in [0, 0.05) is 12.2 Å². The van der Waals surface area contributed by atoms with Gasteiger partial charge in [-0.25, -0.2) is 9.59 Å². The molecule has 0 bridgehead atoms. The fourth-order valence-corrected chi connectivity index (χ4v) is 2.12. The van der Waals surface area contributed by atoms with Crippen molar-refractivity contribution in [3.05, 3.63) is 29.3 Å². The van der Waals surface area contributed by atoms with Crippen molar-refractivity contribution in [1.29, 1.82) is 0 Å². The van der Waals surface area contributed by atoms with Crippen LogP contribution in [0.4, 0.5) is 10.5 Å². The average Bonchev–Trinajstić information content (AvgIpc) is 2.62. The van der Waals surface area contributed by atoms with Crippen molar-refractivity contribution in [2.45, 2.75) is 19.8 Å². The molecular weight excluding hydrogens is 246 g/mol. The molecule has 1 aromatic carbocycles. The second-order valence-corrected chi connectivity index (χ2v) is 4.47. The number of esters is 1. The van der Waals surface area contributed by atoms with Crippen molar-refractivity contribution in [3.8, 4) is 0 Å². The summed E-state index contributed by atoms with van der Waals surface area (Å²) < 4.78 is 9.79. The highest BCUT2D eigenvalue weighted by Crippen LogP contribution is 2.24. The van der Waals surface area contributed by atoms with Crippen LogP contribution in [-0.2, 0) is 9.47 Å². The van der Waals surface area contributed by atoms with Crippen LogP contribution < -0.4 is 4.90 Å². The van der Waals surface area contributed by atoms with Gasteiger partial charge >= 0.3 is 12.1 Å². The van der Waals surface area contributed by atoms with Crippen molar-refractivity contribution in [3.63, 3.8) is 0 Å². The lowest BCUT2D eigenvalue weighted by Crippen LogP contribution is -2.31. The number of amides is 1. The van der Waals surface area contributed by atoms with E-state index in [0.29, 0.717) is 18.7 Å². The van der Waals surface area contributed by atoms with Crippen molar-refractivity contribution in [2.24, 2.45) is 0 Å². The Hall–Kier alpha value is -2.04. The Morgan fingerprint density at radius 1 is 1.37 bits per heavy atom. The van der Waals surface area contributed by atoms with Crippen molar-refractivity contribution in [2.75, 3.05) is 25.2 Å². The molecule has 0 radical (unpaired) electrons. The molecule has 1 aliphatic rings. The van der Waals surface area contributed by atoms with Gasteiger partial charge in [-0.15, -0.1) is 0 Å². The van der Waals surface area contributed by atoms with Crippen LogP contribution in [0.3, 0.4) is 0 Å². The van der Waals surface area contributed by atoms with Crippen molar-refractivity contribution in [1.82, 2.24) is 0 Å². The molecule has 5 nitrogen and oxygen atoms in total. The van der Waals surface area contributed by atoms with Gasteiger partial charge in [-0.3, -0.25) is 4.90 Å². The second-order valence-electron chi connectivity index (χ2n) is 4.47. The van der Waals surface area contributed by atoms with Crippen LogP contribution in [-0.4, -0.2) is 32.3 Å². The first-order valence-corrected chi connectivity index (χ1v) is 6.26. The zero-order valence-corrected chi connectivity index (χ0v) is 11.1. The minimum atomic E-state index is -0.381. The van der Waals surface area contributed by atoms with E-state index in [9.17, 15) is 9.59 Å². The monoisotopic (exact) mass is 263 g/mol. The number of rotatable bonds is 2. The summed E-state index contributed by atoms with van der Waals surface area (Å²) in [4.78, 5) is 24.9. The predicted octanol–water partition coefficient (Wildman–Crippen LogP) is 2.52. The van der Waals surface area contributed by atoms with E-state index in [1.165, 1.54) is 7.11 Å². The Morgan fingerprint density at radius 3 is 2.84 bits per heavy atom. The summed E-state index contributed by atoms with van der Waals surface area (Å²) in [6.45, 7) is 2.96. The van der Waals surface area contributed by atoms with E-state index < -0.39 is 0 Å². The van der Waals surface area contributed by atoms with Gasteiger partial charge in [0.2, 0.25) is 0 Å². The van der Waals surface area contributed by atoms with Crippen LogP contribution in [0.1, 0.15) is 28.8 Å². The van der Waals surface area contributed by atoms with Crippen LogP contribution in [0.15, 0.2) is 18.2 Å². The summed E-state index contributed by atoms with van der Waals surface area (Å²) in [5.74, 6) is -0.381. The van der Waals surface area contributed by atoms with E-state index in [1.807, 2.05) is 6.92 Å². The van der Waals surface area contributed by atoms with E-state index in [4.69, 9.17) is 4.74 Å². The molecule has 5 heteroatoms. The molecule has 102 valence electrons. The van der Waals surface area contributed by atoms with Crippen LogP contribution in [0.25, 0.3) is 0 Å². The number of methoxy groups -OCH3 is 1. The van der Waals surface area contributed by atoms with E-state index >= 15 is 0 Å². The lowest BCUT2D eigenvalue weighted by Gasteiger charge is -2.21. The Bertz CT molecular complexity index is 498. The number of benzene rings is 1. The predicted molar refractivity (Wildman–Crippen MR) is 70.4 cm³/mol. The summed E-state index contributed by atoms with van der Waals surface area (Å²) in [7, 11) is 1.34. The molecule has 0 spiro atoms. The molecule has 1 amide bonds. The molecule has 0 atom stereocenters. The zero-order valence-electron chi connectivity index (χ0n) is 11.1.